The van der Waals surface area contributed by atoms with Crippen LogP contribution in [0.1, 0.15) is 19.4 Å². The van der Waals surface area contributed by atoms with Gasteiger partial charge in [0.15, 0.2) is 11.5 Å². The number of hydrogen-bond acceptors (Lipinski definition) is 5. The van der Waals surface area contributed by atoms with Gasteiger partial charge in [-0.05, 0) is 38.0 Å². The molecule has 3 rings (SSSR count). The number of anilines is 1. The average molecular weight is 315 g/mol. The van der Waals surface area contributed by atoms with Crippen LogP contribution in [0, 0.1) is 0 Å². The number of benzene rings is 1. The number of aromatic nitrogens is 2. The van der Waals surface area contributed by atoms with Crippen molar-refractivity contribution in [3.63, 3.8) is 0 Å². The molecule has 1 aliphatic heterocycles. The minimum Gasteiger partial charge on any atom is -0.493 e. The molecular weight excluding hydrogens is 294 g/mol. The molecule has 2 aromatic rings. The highest BCUT2D eigenvalue weighted by atomic mass is 16.5. The van der Waals surface area contributed by atoms with Crippen LogP contribution in [-0.4, -0.2) is 29.8 Å². The van der Waals surface area contributed by atoms with Crippen molar-refractivity contribution in [3.05, 3.63) is 34.2 Å². The Hall–Kier alpha value is -2.50. The van der Waals surface area contributed by atoms with E-state index in [1.807, 2.05) is 32.0 Å². The maximum atomic E-state index is 12.3. The predicted octanol–water partition coefficient (Wildman–Crippen LogP) is 2.30. The Labute approximate surface area is 135 Å². The molecule has 1 aromatic heterocycles. The lowest BCUT2D eigenvalue weighted by Crippen LogP contribution is -2.29. The molecule has 6 heteroatoms. The van der Waals surface area contributed by atoms with Crippen LogP contribution in [-0.2, 0) is 13.0 Å². The number of methoxy groups -OCH3 is 2. The summed E-state index contributed by atoms with van der Waals surface area (Å²) in [6.07, 6.45) is 0.765. The Balaban J connectivity index is 2.18. The summed E-state index contributed by atoms with van der Waals surface area (Å²) >= 11 is 0. The summed E-state index contributed by atoms with van der Waals surface area (Å²) in [6, 6.07) is 6.04. The number of rotatable bonds is 4. The van der Waals surface area contributed by atoms with Crippen LogP contribution in [0.3, 0.4) is 0 Å². The third kappa shape index (κ3) is 2.76. The maximum Gasteiger partial charge on any atom is 0.349 e. The zero-order chi connectivity index (χ0) is 16.6. The summed E-state index contributed by atoms with van der Waals surface area (Å²) in [5, 5.41) is 3.20. The van der Waals surface area contributed by atoms with Gasteiger partial charge in [-0.1, -0.05) is 0 Å². The quantitative estimate of drug-likeness (QED) is 0.938. The van der Waals surface area contributed by atoms with Gasteiger partial charge >= 0.3 is 5.69 Å². The smallest absolute Gasteiger partial charge is 0.349 e. The van der Waals surface area contributed by atoms with Crippen molar-refractivity contribution in [2.45, 2.75) is 32.9 Å². The number of fused-ring (bicyclic) bond motifs is 3. The highest BCUT2D eigenvalue weighted by Gasteiger charge is 2.21. The monoisotopic (exact) mass is 315 g/mol. The van der Waals surface area contributed by atoms with Crippen molar-refractivity contribution in [2.75, 3.05) is 19.5 Å². The summed E-state index contributed by atoms with van der Waals surface area (Å²) in [6.45, 7) is 4.65. The first kappa shape index (κ1) is 15.4. The highest BCUT2D eigenvalue weighted by Crippen LogP contribution is 2.38. The molecule has 0 saturated carbocycles. The molecule has 2 heterocycles. The topological polar surface area (TPSA) is 65.4 Å². The lowest BCUT2D eigenvalue weighted by Gasteiger charge is -2.23. The fraction of sp³-hybridized carbons (Fsp3) is 0.412. The van der Waals surface area contributed by atoms with E-state index >= 15 is 0 Å². The van der Waals surface area contributed by atoms with Gasteiger partial charge in [0.05, 0.1) is 19.9 Å². The van der Waals surface area contributed by atoms with E-state index in [9.17, 15) is 4.79 Å². The van der Waals surface area contributed by atoms with Gasteiger partial charge in [-0.25, -0.2) is 4.79 Å². The van der Waals surface area contributed by atoms with Crippen molar-refractivity contribution in [1.82, 2.24) is 9.55 Å². The van der Waals surface area contributed by atoms with Crippen molar-refractivity contribution < 1.29 is 9.47 Å². The summed E-state index contributed by atoms with van der Waals surface area (Å²) in [4.78, 5) is 16.4. The number of nitrogens with one attached hydrogen (secondary N) is 1. The highest BCUT2D eigenvalue weighted by molar-refractivity contribution is 5.71. The molecule has 23 heavy (non-hydrogen) atoms. The van der Waals surface area contributed by atoms with Crippen LogP contribution in [0.15, 0.2) is 23.0 Å². The fourth-order valence-corrected chi connectivity index (χ4v) is 2.91. The Morgan fingerprint density at radius 2 is 1.87 bits per heavy atom. The average Bonchev–Trinajstić information content (AvgIpc) is 2.52. The number of aryl methyl sites for hydroxylation is 1. The molecule has 0 unspecified atom stereocenters. The lowest BCUT2D eigenvalue weighted by molar-refractivity contribution is 0.354. The molecule has 0 spiro atoms. The normalized spacial score (nSPS) is 12.6. The molecule has 1 N–H and O–H groups in total. The Bertz CT molecular complexity index is 796. The van der Waals surface area contributed by atoms with E-state index in [-0.39, 0.29) is 11.7 Å². The predicted molar refractivity (Wildman–Crippen MR) is 89.5 cm³/mol. The molecule has 6 nitrogen and oxygen atoms in total. The molecule has 0 aliphatic carbocycles. The first-order valence-corrected chi connectivity index (χ1v) is 7.67. The van der Waals surface area contributed by atoms with Crippen LogP contribution in [0.2, 0.25) is 0 Å². The van der Waals surface area contributed by atoms with E-state index in [4.69, 9.17) is 9.47 Å². The molecule has 0 radical (unpaired) electrons. The second-order valence-corrected chi connectivity index (χ2v) is 5.87. The van der Waals surface area contributed by atoms with Gasteiger partial charge in [0, 0.05) is 24.2 Å². The summed E-state index contributed by atoms with van der Waals surface area (Å²) < 4.78 is 12.5. The van der Waals surface area contributed by atoms with E-state index in [1.54, 1.807) is 18.8 Å². The van der Waals surface area contributed by atoms with Crippen molar-refractivity contribution in [3.8, 4) is 22.8 Å². The second-order valence-electron chi connectivity index (χ2n) is 5.87. The van der Waals surface area contributed by atoms with Gasteiger partial charge < -0.3 is 14.8 Å². The Morgan fingerprint density at radius 1 is 1.17 bits per heavy atom. The molecule has 0 atom stereocenters. The first-order chi connectivity index (χ1) is 11.0. The molecule has 1 aliphatic rings. The van der Waals surface area contributed by atoms with Gasteiger partial charge in [-0.15, -0.1) is 0 Å². The second kappa shape index (κ2) is 5.95. The minimum atomic E-state index is -0.230. The zero-order valence-corrected chi connectivity index (χ0v) is 13.8. The van der Waals surface area contributed by atoms with Gasteiger partial charge in [0.25, 0.3) is 0 Å². The standard InChI is InChI=1S/C17H21N3O3/c1-10(2)18-16-9-13-12-8-15(23-4)14(22-3)7-11(12)5-6-20(13)17(21)19-16/h7-10H,5-6H2,1-4H3,(H,18,19,21). The molecule has 0 amide bonds. The van der Waals surface area contributed by atoms with E-state index < -0.39 is 0 Å². The lowest BCUT2D eigenvalue weighted by atomic mass is 9.97. The third-order valence-electron chi connectivity index (χ3n) is 3.94. The number of ether oxygens (including phenoxy) is 2. The minimum absolute atomic E-state index is 0.207. The van der Waals surface area contributed by atoms with E-state index in [0.29, 0.717) is 23.9 Å². The van der Waals surface area contributed by atoms with E-state index in [0.717, 1.165) is 23.2 Å². The van der Waals surface area contributed by atoms with Crippen LogP contribution in [0.5, 0.6) is 11.5 Å². The van der Waals surface area contributed by atoms with E-state index in [2.05, 4.69) is 10.3 Å². The number of nitrogens with zero attached hydrogens (tertiary/aromatic N) is 2. The Morgan fingerprint density at radius 3 is 2.52 bits per heavy atom. The first-order valence-electron chi connectivity index (χ1n) is 7.67. The third-order valence-corrected chi connectivity index (χ3v) is 3.94. The van der Waals surface area contributed by atoms with Crippen molar-refractivity contribution in [1.29, 1.82) is 0 Å². The summed E-state index contributed by atoms with van der Waals surface area (Å²) in [5.74, 6) is 1.96. The molecule has 1 aromatic carbocycles. The molecule has 0 fully saturated rings. The Kier molecular flexibility index (Phi) is 3.98. The molecule has 0 saturated heterocycles. The van der Waals surface area contributed by atoms with Gasteiger partial charge in [0.1, 0.15) is 5.82 Å². The maximum absolute atomic E-state index is 12.3. The van der Waals surface area contributed by atoms with Gasteiger partial charge in [0.2, 0.25) is 0 Å². The van der Waals surface area contributed by atoms with Crippen LogP contribution >= 0.6 is 0 Å². The largest absolute Gasteiger partial charge is 0.493 e. The number of hydrogen-bond donors (Lipinski definition) is 1. The molecule has 0 bridgehead atoms. The van der Waals surface area contributed by atoms with Crippen molar-refractivity contribution in [2.24, 2.45) is 0 Å². The van der Waals surface area contributed by atoms with Crippen molar-refractivity contribution >= 4 is 5.82 Å². The van der Waals surface area contributed by atoms with Crippen LogP contribution < -0.4 is 20.5 Å². The molecular formula is C17H21N3O3. The van der Waals surface area contributed by atoms with Gasteiger partial charge in [-0.2, -0.15) is 4.98 Å². The summed E-state index contributed by atoms with van der Waals surface area (Å²) in [7, 11) is 3.23. The van der Waals surface area contributed by atoms with E-state index in [1.165, 1.54) is 0 Å². The van der Waals surface area contributed by atoms with Crippen LogP contribution in [0.4, 0.5) is 5.82 Å². The summed E-state index contributed by atoms with van der Waals surface area (Å²) in [5.41, 5.74) is 2.75. The molecule has 122 valence electrons. The SMILES string of the molecule is COc1cc2c(cc1OC)-c1cc(NC(C)C)nc(=O)n1CC2. The van der Waals surface area contributed by atoms with Gasteiger partial charge in [-0.3, -0.25) is 4.57 Å². The van der Waals surface area contributed by atoms with Crippen LogP contribution in [0.25, 0.3) is 11.3 Å². The zero-order valence-electron chi connectivity index (χ0n) is 13.8. The fourth-order valence-electron chi connectivity index (χ4n) is 2.91.